The summed E-state index contributed by atoms with van der Waals surface area (Å²) in [6, 6.07) is 10.1. The Hall–Kier alpha value is -1.35. The number of carboxylic acids is 1. The maximum atomic E-state index is 10.8. The average Bonchev–Trinajstić information content (AvgIpc) is 2.37. The van der Waals surface area contributed by atoms with Gasteiger partial charge in [0.15, 0.2) is 0 Å². The number of rotatable bonds is 6. The topological polar surface area (TPSA) is 46.5 Å². The molecule has 2 atom stereocenters. The van der Waals surface area contributed by atoms with Gasteiger partial charge in [0, 0.05) is 6.42 Å². The molecule has 3 nitrogen and oxygen atoms in total. The van der Waals surface area contributed by atoms with E-state index in [0.717, 1.165) is 13.0 Å². The first-order valence-electron chi connectivity index (χ1n) is 6.83. The molecule has 0 saturated heterocycles. The zero-order valence-corrected chi connectivity index (χ0v) is 11.6. The summed E-state index contributed by atoms with van der Waals surface area (Å²) in [7, 11) is 0. The van der Waals surface area contributed by atoms with Crippen LogP contribution in [0.3, 0.4) is 0 Å². The number of hydrogen-bond acceptors (Lipinski definition) is 2. The van der Waals surface area contributed by atoms with Gasteiger partial charge in [0.25, 0.3) is 0 Å². The largest absolute Gasteiger partial charge is 0.481 e. The van der Waals surface area contributed by atoms with Gasteiger partial charge in [-0.15, -0.1) is 0 Å². The maximum Gasteiger partial charge on any atom is 0.303 e. The van der Waals surface area contributed by atoms with E-state index in [0.29, 0.717) is 12.5 Å². The molecule has 1 aliphatic rings. The molecule has 1 N–H and O–H groups in total. The lowest BCUT2D eigenvalue weighted by Gasteiger charge is -2.51. The van der Waals surface area contributed by atoms with Crippen LogP contribution in [-0.4, -0.2) is 17.7 Å². The lowest BCUT2D eigenvalue weighted by atomic mass is 9.54. The highest BCUT2D eigenvalue weighted by atomic mass is 16.5. The molecule has 0 spiro atoms. The highest BCUT2D eigenvalue weighted by Gasteiger charge is 2.48. The predicted molar refractivity (Wildman–Crippen MR) is 73.7 cm³/mol. The summed E-state index contributed by atoms with van der Waals surface area (Å²) in [6.07, 6.45) is 1.25. The van der Waals surface area contributed by atoms with Crippen LogP contribution in [0.15, 0.2) is 30.3 Å². The Morgan fingerprint density at radius 1 is 1.32 bits per heavy atom. The van der Waals surface area contributed by atoms with E-state index in [1.165, 1.54) is 5.56 Å². The number of carbonyl (C=O) groups is 1. The first-order chi connectivity index (χ1) is 9.00. The standard InChI is InChI=1S/C16H22O3/c1-16(2)13(9-15(17)18)8-14(16)11-19-10-12-6-4-3-5-7-12/h3-7,13-14H,8-11H2,1-2H3,(H,17,18)/t13-,14+/m1/s1. The quantitative estimate of drug-likeness (QED) is 0.855. The van der Waals surface area contributed by atoms with Crippen LogP contribution in [0.1, 0.15) is 32.3 Å². The molecule has 104 valence electrons. The molecule has 1 aromatic carbocycles. The van der Waals surface area contributed by atoms with Crippen LogP contribution in [0.25, 0.3) is 0 Å². The van der Waals surface area contributed by atoms with Gasteiger partial charge in [0.05, 0.1) is 13.2 Å². The summed E-state index contributed by atoms with van der Waals surface area (Å²) in [4.78, 5) is 10.8. The molecule has 19 heavy (non-hydrogen) atoms. The summed E-state index contributed by atoms with van der Waals surface area (Å²) >= 11 is 0. The van der Waals surface area contributed by atoms with Gasteiger partial charge in [-0.1, -0.05) is 44.2 Å². The third kappa shape index (κ3) is 3.35. The summed E-state index contributed by atoms with van der Waals surface area (Å²) in [6.45, 7) is 5.66. The first-order valence-corrected chi connectivity index (χ1v) is 6.83. The van der Waals surface area contributed by atoms with Gasteiger partial charge in [0.2, 0.25) is 0 Å². The van der Waals surface area contributed by atoms with Crippen molar-refractivity contribution in [3.05, 3.63) is 35.9 Å². The van der Waals surface area contributed by atoms with Crippen molar-refractivity contribution in [2.75, 3.05) is 6.61 Å². The van der Waals surface area contributed by atoms with E-state index in [-0.39, 0.29) is 17.8 Å². The molecule has 0 heterocycles. The molecular weight excluding hydrogens is 240 g/mol. The lowest BCUT2D eigenvalue weighted by Crippen LogP contribution is -2.47. The molecule has 3 heteroatoms. The van der Waals surface area contributed by atoms with Gasteiger partial charge in [-0.25, -0.2) is 0 Å². The van der Waals surface area contributed by atoms with Gasteiger partial charge in [-0.2, -0.15) is 0 Å². The number of hydrogen-bond donors (Lipinski definition) is 1. The molecule has 0 aliphatic heterocycles. The van der Waals surface area contributed by atoms with Gasteiger partial charge in [-0.05, 0) is 29.2 Å². The summed E-state index contributed by atoms with van der Waals surface area (Å²) in [5.74, 6) is 0.0672. The van der Waals surface area contributed by atoms with Gasteiger partial charge in [-0.3, -0.25) is 4.79 Å². The molecular formula is C16H22O3. The van der Waals surface area contributed by atoms with Crippen LogP contribution in [0, 0.1) is 17.3 Å². The monoisotopic (exact) mass is 262 g/mol. The number of carboxylic acid groups (broad SMARTS) is 1. The van der Waals surface area contributed by atoms with Gasteiger partial charge in [0.1, 0.15) is 0 Å². The smallest absolute Gasteiger partial charge is 0.303 e. The number of aliphatic carboxylic acids is 1. The Kier molecular flexibility index (Phi) is 4.25. The Bertz CT molecular complexity index is 425. The van der Waals surface area contributed by atoms with Crippen molar-refractivity contribution in [3.63, 3.8) is 0 Å². The molecule has 2 rings (SSSR count). The van der Waals surface area contributed by atoms with Crippen molar-refractivity contribution in [2.24, 2.45) is 17.3 Å². The van der Waals surface area contributed by atoms with E-state index in [1.807, 2.05) is 18.2 Å². The first kappa shape index (κ1) is 14.1. The number of benzene rings is 1. The summed E-state index contributed by atoms with van der Waals surface area (Å²) < 4.78 is 5.77. The molecule has 0 aromatic heterocycles. The normalized spacial score (nSPS) is 24.7. The zero-order chi connectivity index (χ0) is 13.9. The highest BCUT2D eigenvalue weighted by molar-refractivity contribution is 5.67. The van der Waals surface area contributed by atoms with Crippen LogP contribution in [-0.2, 0) is 16.1 Å². The van der Waals surface area contributed by atoms with Crippen molar-refractivity contribution >= 4 is 5.97 Å². The third-order valence-electron chi connectivity index (χ3n) is 4.53. The van der Waals surface area contributed by atoms with Gasteiger partial charge < -0.3 is 9.84 Å². The fourth-order valence-corrected chi connectivity index (χ4v) is 2.86. The van der Waals surface area contributed by atoms with E-state index in [4.69, 9.17) is 9.84 Å². The van der Waals surface area contributed by atoms with Crippen LogP contribution >= 0.6 is 0 Å². The Balaban J connectivity index is 1.75. The second-order valence-electron chi connectivity index (χ2n) is 6.05. The van der Waals surface area contributed by atoms with Crippen molar-refractivity contribution in [1.82, 2.24) is 0 Å². The minimum atomic E-state index is -0.693. The third-order valence-corrected chi connectivity index (χ3v) is 4.53. The average molecular weight is 262 g/mol. The van der Waals surface area contributed by atoms with E-state index in [1.54, 1.807) is 0 Å². The molecule has 1 aromatic rings. The SMILES string of the molecule is CC1(C)[C@H](COCc2ccccc2)C[C@@H]1CC(=O)O. The molecule has 0 amide bonds. The second kappa shape index (κ2) is 5.74. The highest BCUT2D eigenvalue weighted by Crippen LogP contribution is 2.52. The van der Waals surface area contributed by atoms with Crippen LogP contribution in [0.2, 0.25) is 0 Å². The number of ether oxygens (including phenoxy) is 1. The van der Waals surface area contributed by atoms with Gasteiger partial charge >= 0.3 is 5.97 Å². The molecule has 1 aliphatic carbocycles. The van der Waals surface area contributed by atoms with Crippen LogP contribution in [0.5, 0.6) is 0 Å². The summed E-state index contributed by atoms with van der Waals surface area (Å²) in [5, 5.41) is 8.86. The van der Waals surface area contributed by atoms with E-state index in [9.17, 15) is 4.79 Å². The molecule has 0 bridgehead atoms. The summed E-state index contributed by atoms with van der Waals surface area (Å²) in [5.41, 5.74) is 1.26. The van der Waals surface area contributed by atoms with Crippen molar-refractivity contribution in [1.29, 1.82) is 0 Å². The van der Waals surface area contributed by atoms with Crippen molar-refractivity contribution in [2.45, 2.75) is 33.3 Å². The van der Waals surface area contributed by atoms with Crippen molar-refractivity contribution < 1.29 is 14.6 Å². The molecule has 1 fully saturated rings. The van der Waals surface area contributed by atoms with E-state index in [2.05, 4.69) is 26.0 Å². The Labute approximate surface area is 114 Å². The molecule has 0 radical (unpaired) electrons. The maximum absolute atomic E-state index is 10.8. The fourth-order valence-electron chi connectivity index (χ4n) is 2.86. The minimum absolute atomic E-state index is 0.0785. The second-order valence-corrected chi connectivity index (χ2v) is 6.05. The lowest BCUT2D eigenvalue weighted by molar-refractivity contribution is -0.145. The zero-order valence-electron chi connectivity index (χ0n) is 11.6. The minimum Gasteiger partial charge on any atom is -0.481 e. The van der Waals surface area contributed by atoms with Crippen LogP contribution in [0.4, 0.5) is 0 Å². The van der Waals surface area contributed by atoms with E-state index >= 15 is 0 Å². The molecule has 0 unspecified atom stereocenters. The van der Waals surface area contributed by atoms with Crippen molar-refractivity contribution in [3.8, 4) is 0 Å². The Morgan fingerprint density at radius 2 is 2.00 bits per heavy atom. The predicted octanol–water partition coefficient (Wildman–Crippen LogP) is 3.34. The molecule has 1 saturated carbocycles. The van der Waals surface area contributed by atoms with Crippen LogP contribution < -0.4 is 0 Å². The Morgan fingerprint density at radius 3 is 2.58 bits per heavy atom. The van der Waals surface area contributed by atoms with E-state index < -0.39 is 5.97 Å². The fraction of sp³-hybridized carbons (Fsp3) is 0.562.